The van der Waals surface area contributed by atoms with Gasteiger partial charge in [-0.15, -0.1) is 0 Å². The molecule has 2 aromatic carbocycles. The number of aromatic amines is 1. The van der Waals surface area contributed by atoms with Crippen molar-refractivity contribution < 1.29 is 9.18 Å². The average Bonchev–Trinajstić information content (AvgIpc) is 3.16. The summed E-state index contributed by atoms with van der Waals surface area (Å²) in [5.41, 5.74) is 4.00. The van der Waals surface area contributed by atoms with Crippen molar-refractivity contribution >= 4 is 22.5 Å². The molecule has 0 bridgehead atoms. The molecule has 2 aromatic heterocycles. The van der Waals surface area contributed by atoms with E-state index in [1.165, 1.54) is 23.2 Å². The molecular formula is C23H21FN4O. The lowest BCUT2D eigenvalue weighted by molar-refractivity contribution is 0.0950. The van der Waals surface area contributed by atoms with Gasteiger partial charge >= 0.3 is 0 Å². The third-order valence-corrected chi connectivity index (χ3v) is 4.80. The van der Waals surface area contributed by atoms with Crippen molar-refractivity contribution in [1.82, 2.24) is 15.3 Å². The van der Waals surface area contributed by atoms with Crippen LogP contribution in [-0.2, 0) is 13.0 Å². The number of carbonyl (C=O) groups is 1. The quantitative estimate of drug-likeness (QED) is 0.442. The summed E-state index contributed by atoms with van der Waals surface area (Å²) in [7, 11) is 0. The van der Waals surface area contributed by atoms with Crippen LogP contribution in [0.4, 0.5) is 10.1 Å². The number of rotatable bonds is 7. The third kappa shape index (κ3) is 4.43. The zero-order chi connectivity index (χ0) is 20.1. The number of carbonyl (C=O) groups excluding carboxylic acids is 1. The number of anilines is 1. The SMILES string of the molecule is O=C(NCc1ccccc1F)c1cncc(NCCc2c[nH]c3ccccc23)c1. The number of aromatic nitrogens is 2. The fraction of sp³-hybridized carbons (Fsp3) is 0.130. The first kappa shape index (κ1) is 18.7. The normalized spacial score (nSPS) is 10.8. The number of para-hydroxylation sites is 1. The topological polar surface area (TPSA) is 69.8 Å². The molecule has 0 aliphatic rings. The second-order valence-electron chi connectivity index (χ2n) is 6.77. The first-order chi connectivity index (χ1) is 14.2. The molecule has 5 nitrogen and oxygen atoms in total. The van der Waals surface area contributed by atoms with E-state index in [1.807, 2.05) is 18.3 Å². The Morgan fingerprint density at radius 1 is 1.03 bits per heavy atom. The summed E-state index contributed by atoms with van der Waals surface area (Å²) in [6.45, 7) is 0.841. The van der Waals surface area contributed by atoms with E-state index in [9.17, 15) is 9.18 Å². The molecule has 0 fully saturated rings. The summed E-state index contributed by atoms with van der Waals surface area (Å²) >= 11 is 0. The van der Waals surface area contributed by atoms with Gasteiger partial charge in [-0.05, 0) is 30.2 Å². The summed E-state index contributed by atoms with van der Waals surface area (Å²) < 4.78 is 13.7. The smallest absolute Gasteiger partial charge is 0.253 e. The van der Waals surface area contributed by atoms with Crippen LogP contribution in [0.3, 0.4) is 0 Å². The van der Waals surface area contributed by atoms with Crippen molar-refractivity contribution in [2.24, 2.45) is 0 Å². The number of nitrogens with one attached hydrogen (secondary N) is 3. The van der Waals surface area contributed by atoms with E-state index in [1.54, 1.807) is 30.5 Å². The van der Waals surface area contributed by atoms with Gasteiger partial charge in [0, 0.05) is 48.1 Å². The van der Waals surface area contributed by atoms with Crippen molar-refractivity contribution in [3.05, 3.63) is 95.7 Å². The van der Waals surface area contributed by atoms with Gasteiger partial charge in [0.2, 0.25) is 0 Å². The van der Waals surface area contributed by atoms with E-state index in [0.717, 1.165) is 17.6 Å². The van der Waals surface area contributed by atoms with Gasteiger partial charge in [-0.1, -0.05) is 36.4 Å². The van der Waals surface area contributed by atoms with Crippen molar-refractivity contribution in [2.45, 2.75) is 13.0 Å². The van der Waals surface area contributed by atoms with Gasteiger partial charge in [0.05, 0.1) is 11.3 Å². The second kappa shape index (κ2) is 8.56. The minimum atomic E-state index is -0.335. The maximum atomic E-state index is 13.7. The molecule has 0 aliphatic heterocycles. The average molecular weight is 388 g/mol. The van der Waals surface area contributed by atoms with Crippen LogP contribution in [0.5, 0.6) is 0 Å². The zero-order valence-electron chi connectivity index (χ0n) is 15.8. The molecule has 4 rings (SSSR count). The van der Waals surface area contributed by atoms with Gasteiger partial charge in [0.1, 0.15) is 5.82 Å². The zero-order valence-corrected chi connectivity index (χ0v) is 15.8. The minimum absolute atomic E-state index is 0.129. The monoisotopic (exact) mass is 388 g/mol. The molecule has 0 aliphatic carbocycles. The minimum Gasteiger partial charge on any atom is -0.383 e. The first-order valence-corrected chi connectivity index (χ1v) is 9.46. The maximum Gasteiger partial charge on any atom is 0.253 e. The van der Waals surface area contributed by atoms with Crippen molar-refractivity contribution in [3.63, 3.8) is 0 Å². The number of hydrogen-bond donors (Lipinski definition) is 3. The largest absolute Gasteiger partial charge is 0.383 e. The van der Waals surface area contributed by atoms with Crippen LogP contribution in [0.1, 0.15) is 21.5 Å². The Labute approximate surface area is 168 Å². The Balaban J connectivity index is 1.34. The van der Waals surface area contributed by atoms with Gasteiger partial charge in [0.25, 0.3) is 5.91 Å². The molecule has 0 unspecified atom stereocenters. The van der Waals surface area contributed by atoms with Crippen LogP contribution in [0.15, 0.2) is 73.2 Å². The van der Waals surface area contributed by atoms with Gasteiger partial charge < -0.3 is 15.6 Å². The number of fused-ring (bicyclic) bond motifs is 1. The molecule has 6 heteroatoms. The number of benzene rings is 2. The van der Waals surface area contributed by atoms with Crippen molar-refractivity contribution in [1.29, 1.82) is 0 Å². The van der Waals surface area contributed by atoms with Crippen LogP contribution < -0.4 is 10.6 Å². The highest BCUT2D eigenvalue weighted by Gasteiger charge is 2.09. The molecule has 0 radical (unpaired) electrons. The van der Waals surface area contributed by atoms with Crippen LogP contribution in [0.2, 0.25) is 0 Å². The number of nitrogens with zero attached hydrogens (tertiary/aromatic N) is 1. The van der Waals surface area contributed by atoms with E-state index in [0.29, 0.717) is 17.7 Å². The van der Waals surface area contributed by atoms with Gasteiger partial charge in [-0.25, -0.2) is 4.39 Å². The molecule has 4 aromatic rings. The Morgan fingerprint density at radius 3 is 2.76 bits per heavy atom. The molecule has 0 saturated carbocycles. The molecule has 146 valence electrons. The summed E-state index contributed by atoms with van der Waals surface area (Å²) in [6, 6.07) is 16.3. The number of pyridine rings is 1. The van der Waals surface area contributed by atoms with Crippen LogP contribution >= 0.6 is 0 Å². The highest BCUT2D eigenvalue weighted by molar-refractivity contribution is 5.94. The van der Waals surface area contributed by atoms with Gasteiger partial charge in [-0.2, -0.15) is 0 Å². The molecule has 3 N–H and O–H groups in total. The van der Waals surface area contributed by atoms with E-state index < -0.39 is 0 Å². The number of halogens is 1. The lowest BCUT2D eigenvalue weighted by Crippen LogP contribution is -2.23. The van der Waals surface area contributed by atoms with Crippen molar-refractivity contribution in [2.75, 3.05) is 11.9 Å². The molecule has 29 heavy (non-hydrogen) atoms. The highest BCUT2D eigenvalue weighted by Crippen LogP contribution is 2.18. The maximum absolute atomic E-state index is 13.7. The second-order valence-corrected chi connectivity index (χ2v) is 6.77. The van der Waals surface area contributed by atoms with Gasteiger partial charge in [-0.3, -0.25) is 9.78 Å². The van der Waals surface area contributed by atoms with E-state index in [4.69, 9.17) is 0 Å². The molecular weight excluding hydrogens is 367 g/mol. The van der Waals surface area contributed by atoms with Crippen LogP contribution in [-0.4, -0.2) is 22.4 Å². The summed E-state index contributed by atoms with van der Waals surface area (Å²) in [5, 5.41) is 7.26. The lowest BCUT2D eigenvalue weighted by atomic mass is 10.1. The predicted octanol–water partition coefficient (Wildman–Crippen LogP) is 4.29. The first-order valence-electron chi connectivity index (χ1n) is 9.46. The standard InChI is InChI=1S/C23H21FN4O/c24-21-7-3-1-5-17(21)14-28-23(29)18-11-19(15-25-12-18)26-10-9-16-13-27-22-8-4-2-6-20(16)22/h1-8,11-13,15,26-27H,9-10,14H2,(H,28,29). The lowest BCUT2D eigenvalue weighted by Gasteiger charge is -2.09. The third-order valence-electron chi connectivity index (χ3n) is 4.80. The number of H-pyrrole nitrogens is 1. The van der Waals surface area contributed by atoms with Crippen LogP contribution in [0.25, 0.3) is 10.9 Å². The van der Waals surface area contributed by atoms with Gasteiger partial charge in [0.15, 0.2) is 0 Å². The van der Waals surface area contributed by atoms with E-state index in [-0.39, 0.29) is 18.3 Å². The Kier molecular flexibility index (Phi) is 5.52. The molecule has 0 saturated heterocycles. The summed E-state index contributed by atoms with van der Waals surface area (Å²) in [5.74, 6) is -0.625. The summed E-state index contributed by atoms with van der Waals surface area (Å²) in [6.07, 6.45) is 6.05. The van der Waals surface area contributed by atoms with E-state index >= 15 is 0 Å². The highest BCUT2D eigenvalue weighted by atomic mass is 19.1. The fourth-order valence-electron chi connectivity index (χ4n) is 3.26. The van der Waals surface area contributed by atoms with Crippen molar-refractivity contribution in [3.8, 4) is 0 Å². The Hall–Kier alpha value is -3.67. The van der Waals surface area contributed by atoms with Crippen LogP contribution in [0, 0.1) is 5.82 Å². The Bertz CT molecular complexity index is 1140. The molecule has 0 atom stereocenters. The predicted molar refractivity (Wildman–Crippen MR) is 112 cm³/mol. The molecule has 0 spiro atoms. The fourth-order valence-corrected chi connectivity index (χ4v) is 3.26. The molecule has 1 amide bonds. The Morgan fingerprint density at radius 2 is 1.86 bits per heavy atom. The number of amides is 1. The number of hydrogen-bond acceptors (Lipinski definition) is 3. The summed E-state index contributed by atoms with van der Waals surface area (Å²) in [4.78, 5) is 19.8. The molecule has 2 heterocycles. The van der Waals surface area contributed by atoms with E-state index in [2.05, 4.69) is 32.7 Å².